The summed E-state index contributed by atoms with van der Waals surface area (Å²) in [5, 5.41) is 23.3. The molecule has 3 saturated heterocycles. The van der Waals surface area contributed by atoms with Crippen LogP contribution in [-0.4, -0.2) is 100 Å². The Kier molecular flexibility index (Phi) is 9.04. The van der Waals surface area contributed by atoms with Crippen LogP contribution in [0.15, 0.2) is 11.6 Å². The Morgan fingerprint density at radius 2 is 1.79 bits per heavy atom. The molecule has 224 valence electrons. The molecular weight excluding hydrogens is 570 g/mol. The van der Waals surface area contributed by atoms with E-state index >= 15 is 0 Å². The van der Waals surface area contributed by atoms with E-state index in [1.54, 1.807) is 6.92 Å². The lowest BCUT2D eigenvalue weighted by Gasteiger charge is -2.47. The summed E-state index contributed by atoms with van der Waals surface area (Å²) in [6, 6.07) is -0.158. The Bertz CT molecular complexity index is 948. The molecule has 3 unspecified atom stereocenters. The van der Waals surface area contributed by atoms with Gasteiger partial charge < -0.3 is 38.8 Å². The first-order valence-corrected chi connectivity index (χ1v) is 15.5. The van der Waals surface area contributed by atoms with Crippen molar-refractivity contribution in [1.82, 2.24) is 4.90 Å². The van der Waals surface area contributed by atoms with Crippen molar-refractivity contribution in [2.45, 2.75) is 128 Å². The SMILES string of the molecule is CC[C@H]1OC(=O)[C@H](C)[C@@H](O)[C@H](C)[C@@H](O[C@@H]2O[C@H](C)C[C@H](N(C)C)[C@H]2O)[C@@]2(C)CC(C)C3(OC1(C)C=C3CBr)O2. The minimum absolute atomic E-state index is 0.0689. The molecule has 0 saturated carbocycles. The van der Waals surface area contributed by atoms with Crippen LogP contribution in [0, 0.1) is 17.8 Å². The van der Waals surface area contributed by atoms with E-state index < -0.39 is 65.5 Å². The molecule has 3 bridgehead atoms. The van der Waals surface area contributed by atoms with Crippen LogP contribution < -0.4 is 0 Å². The minimum Gasteiger partial charge on any atom is -0.459 e. The van der Waals surface area contributed by atoms with Crippen molar-refractivity contribution in [3.05, 3.63) is 11.6 Å². The molecule has 13 atom stereocenters. The van der Waals surface area contributed by atoms with Crippen LogP contribution in [0.2, 0.25) is 0 Å². The quantitative estimate of drug-likeness (QED) is 0.273. The molecule has 2 N–H and O–H groups in total. The summed E-state index contributed by atoms with van der Waals surface area (Å²) in [6.07, 6.45) is -0.528. The number of ether oxygens (including phenoxy) is 5. The molecule has 4 aliphatic heterocycles. The normalized spacial score (nSPS) is 50.8. The topological polar surface area (TPSA) is 107 Å². The maximum absolute atomic E-state index is 13.3. The average Bonchev–Trinajstić information content (AvgIpc) is 3.31. The highest BCUT2D eigenvalue weighted by molar-refractivity contribution is 9.09. The van der Waals surface area contributed by atoms with Gasteiger partial charge in [-0.15, -0.1) is 0 Å². The van der Waals surface area contributed by atoms with Crippen molar-refractivity contribution in [2.24, 2.45) is 17.8 Å². The van der Waals surface area contributed by atoms with Crippen LogP contribution in [0.4, 0.5) is 0 Å². The van der Waals surface area contributed by atoms with Crippen molar-refractivity contribution in [2.75, 3.05) is 19.4 Å². The number of aliphatic hydroxyl groups is 2. The van der Waals surface area contributed by atoms with Gasteiger partial charge in [-0.3, -0.25) is 4.79 Å². The minimum atomic E-state index is -1.08. The van der Waals surface area contributed by atoms with Crippen molar-refractivity contribution in [1.29, 1.82) is 0 Å². The zero-order valence-corrected chi connectivity index (χ0v) is 26.4. The third kappa shape index (κ3) is 5.38. The van der Waals surface area contributed by atoms with E-state index in [9.17, 15) is 15.0 Å². The maximum Gasteiger partial charge on any atom is 0.311 e. The smallest absolute Gasteiger partial charge is 0.311 e. The number of carbonyl (C=O) groups excluding carboxylic acids is 1. The Balaban J connectivity index is 1.79. The monoisotopic (exact) mass is 617 g/mol. The number of carbonyl (C=O) groups is 1. The zero-order chi connectivity index (χ0) is 29.1. The lowest BCUT2D eigenvalue weighted by Crippen LogP contribution is -2.59. The van der Waals surface area contributed by atoms with Crippen molar-refractivity contribution < 1.29 is 38.7 Å². The van der Waals surface area contributed by atoms with Gasteiger partial charge in [0.05, 0.1) is 29.8 Å². The predicted octanol–water partition coefficient (Wildman–Crippen LogP) is 3.39. The molecule has 0 aromatic rings. The van der Waals surface area contributed by atoms with Crippen LogP contribution >= 0.6 is 15.9 Å². The molecule has 4 aliphatic rings. The zero-order valence-electron chi connectivity index (χ0n) is 24.8. The molecule has 9 nitrogen and oxygen atoms in total. The highest BCUT2D eigenvalue weighted by Crippen LogP contribution is 2.56. The highest BCUT2D eigenvalue weighted by Gasteiger charge is 2.65. The molecular formula is C29H48BrNO8. The van der Waals surface area contributed by atoms with Crippen LogP contribution in [0.1, 0.15) is 67.7 Å². The third-order valence-corrected chi connectivity index (χ3v) is 10.1. The number of halogens is 1. The number of rotatable bonds is 5. The first-order valence-electron chi connectivity index (χ1n) is 14.3. The fraction of sp³-hybridized carbons (Fsp3) is 0.897. The van der Waals surface area contributed by atoms with Crippen LogP contribution in [-0.2, 0) is 28.5 Å². The van der Waals surface area contributed by atoms with Crippen LogP contribution in [0.3, 0.4) is 0 Å². The lowest BCUT2D eigenvalue weighted by molar-refractivity contribution is -0.327. The number of esters is 1. The Morgan fingerprint density at radius 3 is 2.38 bits per heavy atom. The van der Waals surface area contributed by atoms with E-state index in [0.717, 1.165) is 5.57 Å². The van der Waals surface area contributed by atoms with E-state index in [4.69, 9.17) is 23.7 Å². The van der Waals surface area contributed by atoms with Gasteiger partial charge in [0.25, 0.3) is 0 Å². The van der Waals surface area contributed by atoms with Crippen LogP contribution in [0.5, 0.6) is 0 Å². The molecule has 0 radical (unpaired) electrons. The summed E-state index contributed by atoms with van der Waals surface area (Å²) in [5.74, 6) is -2.99. The third-order valence-electron chi connectivity index (χ3n) is 9.50. The number of cyclic esters (lactones) is 1. The summed E-state index contributed by atoms with van der Waals surface area (Å²) < 4.78 is 32.6. The molecule has 39 heavy (non-hydrogen) atoms. The van der Waals surface area contributed by atoms with Crippen molar-refractivity contribution in [3.8, 4) is 0 Å². The number of nitrogens with zero attached hydrogens (tertiary/aromatic N) is 1. The van der Waals surface area contributed by atoms with E-state index in [1.807, 2.05) is 59.7 Å². The molecule has 0 aromatic carbocycles. The van der Waals surface area contributed by atoms with Gasteiger partial charge in [-0.05, 0) is 72.7 Å². The Labute approximate surface area is 241 Å². The van der Waals surface area contributed by atoms with Crippen molar-refractivity contribution in [3.63, 3.8) is 0 Å². The lowest BCUT2D eigenvalue weighted by atomic mass is 9.78. The predicted molar refractivity (Wildman–Crippen MR) is 149 cm³/mol. The number of alkyl halides is 1. The van der Waals surface area contributed by atoms with Crippen LogP contribution in [0.25, 0.3) is 0 Å². The summed E-state index contributed by atoms with van der Waals surface area (Å²) in [4.78, 5) is 15.3. The van der Waals surface area contributed by atoms with Gasteiger partial charge in [0, 0.05) is 23.2 Å². The molecule has 0 aromatic heterocycles. The summed E-state index contributed by atoms with van der Waals surface area (Å²) in [7, 11) is 3.86. The molecule has 10 heteroatoms. The van der Waals surface area contributed by atoms with Gasteiger partial charge in [0.15, 0.2) is 12.1 Å². The Morgan fingerprint density at radius 1 is 1.13 bits per heavy atom. The van der Waals surface area contributed by atoms with Gasteiger partial charge >= 0.3 is 5.97 Å². The summed E-state index contributed by atoms with van der Waals surface area (Å²) in [5.41, 5.74) is -0.894. The van der Waals surface area contributed by atoms with E-state index in [1.165, 1.54) is 0 Å². The first kappa shape index (κ1) is 31.3. The van der Waals surface area contributed by atoms with Gasteiger partial charge in [0.1, 0.15) is 17.8 Å². The number of hydrogen-bond acceptors (Lipinski definition) is 9. The summed E-state index contributed by atoms with van der Waals surface area (Å²) in [6.45, 7) is 13.5. The van der Waals surface area contributed by atoms with Gasteiger partial charge in [-0.2, -0.15) is 0 Å². The molecule has 4 rings (SSSR count). The van der Waals surface area contributed by atoms with Crippen molar-refractivity contribution >= 4 is 21.9 Å². The second kappa shape index (κ2) is 11.2. The number of fused-ring (bicyclic) bond motifs is 2. The molecule has 1 spiro atoms. The van der Waals surface area contributed by atoms with E-state index in [0.29, 0.717) is 24.6 Å². The second-order valence-corrected chi connectivity index (χ2v) is 13.4. The number of aliphatic hydroxyl groups excluding tert-OH is 2. The molecule has 3 fully saturated rings. The second-order valence-electron chi connectivity index (χ2n) is 12.9. The maximum atomic E-state index is 13.3. The highest BCUT2D eigenvalue weighted by atomic mass is 79.9. The fourth-order valence-corrected chi connectivity index (χ4v) is 7.87. The number of likely N-dealkylation sites (N-methyl/N-ethyl adjacent to an activating group) is 1. The average molecular weight is 619 g/mol. The molecule has 4 heterocycles. The fourth-order valence-electron chi connectivity index (χ4n) is 7.32. The van der Waals surface area contributed by atoms with Gasteiger partial charge in [-0.1, -0.05) is 36.7 Å². The first-order chi connectivity index (χ1) is 18.1. The standard InChI is InChI=1S/C29H48BrNO8/c1-10-21-27(6)13-19(14-30)29(38-27)15(2)12-28(7,39-29)24(17(4)22(32)18(5)25(34)36-21)37-26-23(33)20(31(8)9)11-16(3)35-26/h13,15-18,20-24,26,32-33H,10-12,14H2,1-9H3/t15?,16-,17+,18-,20+,21-,22+,23-,24-,26+,27?,28-,29?/m1/s1. The molecule has 0 amide bonds. The van der Waals surface area contributed by atoms with Gasteiger partial charge in [-0.25, -0.2) is 0 Å². The largest absolute Gasteiger partial charge is 0.459 e. The number of hydrogen-bond donors (Lipinski definition) is 2. The Hall–Kier alpha value is -0.590. The van der Waals surface area contributed by atoms with E-state index in [-0.39, 0.29) is 18.1 Å². The molecule has 0 aliphatic carbocycles. The van der Waals surface area contributed by atoms with Gasteiger partial charge in [0.2, 0.25) is 0 Å². The van der Waals surface area contributed by atoms with E-state index in [2.05, 4.69) is 22.9 Å². The summed E-state index contributed by atoms with van der Waals surface area (Å²) >= 11 is 3.65.